The van der Waals surface area contributed by atoms with Gasteiger partial charge in [-0.25, -0.2) is 0 Å². The molecule has 0 amide bonds. The number of fused-ring (bicyclic) bond motifs is 1. The number of pyridine rings is 1. The third-order valence-electron chi connectivity index (χ3n) is 3.26. The lowest BCUT2D eigenvalue weighted by atomic mass is 10.2. The van der Waals surface area contributed by atoms with E-state index >= 15 is 0 Å². The number of nitro groups is 1. The zero-order valence-electron chi connectivity index (χ0n) is 11.4. The van der Waals surface area contributed by atoms with E-state index in [0.29, 0.717) is 6.54 Å². The average molecular weight is 283 g/mol. The largest absolute Gasteiger partial charge is 0.367 e. The highest BCUT2D eigenvalue weighted by Crippen LogP contribution is 2.19. The fraction of sp³-hybridized carbons (Fsp3) is 0.143. The summed E-state index contributed by atoms with van der Waals surface area (Å²) < 4.78 is 1.92. The minimum atomic E-state index is -0.407. The summed E-state index contributed by atoms with van der Waals surface area (Å²) in [5.74, 6) is 0.812. The molecule has 0 aliphatic heterocycles. The van der Waals surface area contributed by atoms with Crippen molar-refractivity contribution >= 4 is 17.0 Å². The van der Waals surface area contributed by atoms with Crippen LogP contribution in [0.1, 0.15) is 5.82 Å². The molecule has 0 bridgehead atoms. The topological polar surface area (TPSA) is 76.6 Å². The van der Waals surface area contributed by atoms with Crippen LogP contribution in [-0.2, 0) is 6.54 Å². The summed E-state index contributed by atoms with van der Waals surface area (Å²) in [5.41, 5.74) is 1.76. The molecule has 0 N–H and O–H groups in total. The van der Waals surface area contributed by atoms with Crippen LogP contribution in [0.25, 0.3) is 5.65 Å². The van der Waals surface area contributed by atoms with Gasteiger partial charge >= 0.3 is 0 Å². The highest BCUT2D eigenvalue weighted by molar-refractivity contribution is 5.50. The molecule has 3 aromatic rings. The van der Waals surface area contributed by atoms with Gasteiger partial charge in [0.25, 0.3) is 5.69 Å². The molecule has 0 aliphatic carbocycles. The minimum absolute atomic E-state index is 0.0834. The van der Waals surface area contributed by atoms with Gasteiger partial charge in [0, 0.05) is 31.1 Å². The second-order valence-corrected chi connectivity index (χ2v) is 4.67. The van der Waals surface area contributed by atoms with Crippen molar-refractivity contribution in [3.63, 3.8) is 0 Å². The van der Waals surface area contributed by atoms with Crippen LogP contribution >= 0.6 is 0 Å². The van der Waals surface area contributed by atoms with E-state index in [4.69, 9.17) is 0 Å². The van der Waals surface area contributed by atoms with Gasteiger partial charge < -0.3 is 4.90 Å². The number of anilines is 1. The van der Waals surface area contributed by atoms with Crippen molar-refractivity contribution in [2.75, 3.05) is 11.9 Å². The molecule has 0 radical (unpaired) electrons. The summed E-state index contributed by atoms with van der Waals surface area (Å²) >= 11 is 0. The highest BCUT2D eigenvalue weighted by Gasteiger charge is 2.10. The number of nitro benzene ring substituents is 1. The monoisotopic (exact) mass is 283 g/mol. The molecule has 2 aromatic heterocycles. The molecule has 0 aliphatic rings. The van der Waals surface area contributed by atoms with E-state index in [1.807, 2.05) is 40.7 Å². The van der Waals surface area contributed by atoms with Crippen LogP contribution in [0.5, 0.6) is 0 Å². The van der Waals surface area contributed by atoms with Crippen LogP contribution in [-0.4, -0.2) is 26.6 Å². The van der Waals surface area contributed by atoms with E-state index in [0.717, 1.165) is 17.2 Å². The predicted octanol–water partition coefficient (Wildman–Crippen LogP) is 2.27. The van der Waals surface area contributed by atoms with Crippen molar-refractivity contribution in [2.45, 2.75) is 6.54 Å². The Kier molecular flexibility index (Phi) is 3.23. The fourth-order valence-electron chi connectivity index (χ4n) is 2.13. The van der Waals surface area contributed by atoms with Crippen LogP contribution in [0.15, 0.2) is 48.7 Å². The average Bonchev–Trinajstić information content (AvgIpc) is 2.91. The first kappa shape index (κ1) is 13.0. The maximum atomic E-state index is 10.7. The lowest BCUT2D eigenvalue weighted by Gasteiger charge is -2.17. The Morgan fingerprint density at radius 2 is 1.95 bits per heavy atom. The third-order valence-corrected chi connectivity index (χ3v) is 3.26. The zero-order valence-corrected chi connectivity index (χ0v) is 11.4. The van der Waals surface area contributed by atoms with Crippen LogP contribution in [0.3, 0.4) is 0 Å². The summed E-state index contributed by atoms with van der Waals surface area (Å²) in [6.45, 7) is 0.559. The summed E-state index contributed by atoms with van der Waals surface area (Å²) in [6, 6.07) is 12.2. The quantitative estimate of drug-likeness (QED) is 0.542. The van der Waals surface area contributed by atoms with E-state index in [1.165, 1.54) is 12.1 Å². The van der Waals surface area contributed by atoms with Gasteiger partial charge in [0.1, 0.15) is 0 Å². The normalized spacial score (nSPS) is 10.7. The Labute approximate surface area is 120 Å². The number of hydrogen-bond acceptors (Lipinski definition) is 5. The van der Waals surface area contributed by atoms with Crippen LogP contribution < -0.4 is 4.90 Å². The molecule has 0 saturated heterocycles. The lowest BCUT2D eigenvalue weighted by Crippen LogP contribution is -2.18. The molecule has 0 atom stereocenters. The van der Waals surface area contributed by atoms with Crippen molar-refractivity contribution in [1.82, 2.24) is 14.6 Å². The number of aromatic nitrogens is 3. The maximum absolute atomic E-state index is 10.7. The second kappa shape index (κ2) is 5.20. The molecule has 1 aromatic carbocycles. The SMILES string of the molecule is CN(Cc1nnc2ccccn12)c1ccc([N+](=O)[O-])cc1. The number of rotatable bonds is 4. The van der Waals surface area contributed by atoms with Gasteiger partial charge in [-0.1, -0.05) is 6.07 Å². The number of non-ortho nitro benzene ring substituents is 1. The van der Waals surface area contributed by atoms with Crippen LogP contribution in [0.4, 0.5) is 11.4 Å². The van der Waals surface area contributed by atoms with E-state index < -0.39 is 4.92 Å². The van der Waals surface area contributed by atoms with Gasteiger partial charge in [-0.3, -0.25) is 14.5 Å². The summed E-state index contributed by atoms with van der Waals surface area (Å²) in [4.78, 5) is 12.2. The van der Waals surface area contributed by atoms with E-state index in [1.54, 1.807) is 12.1 Å². The van der Waals surface area contributed by atoms with Gasteiger partial charge in [-0.05, 0) is 24.3 Å². The van der Waals surface area contributed by atoms with Crippen LogP contribution in [0.2, 0.25) is 0 Å². The minimum Gasteiger partial charge on any atom is -0.367 e. The number of nitrogens with zero attached hydrogens (tertiary/aromatic N) is 5. The van der Waals surface area contributed by atoms with Gasteiger partial charge in [0.2, 0.25) is 0 Å². The lowest BCUT2D eigenvalue weighted by molar-refractivity contribution is -0.384. The van der Waals surface area contributed by atoms with Gasteiger partial charge in [-0.15, -0.1) is 10.2 Å². The summed E-state index contributed by atoms with van der Waals surface area (Å²) in [7, 11) is 1.91. The molecular weight excluding hydrogens is 270 g/mol. The molecule has 21 heavy (non-hydrogen) atoms. The number of hydrogen-bond donors (Lipinski definition) is 0. The first-order chi connectivity index (χ1) is 10.1. The molecule has 7 heteroatoms. The molecule has 0 spiro atoms. The first-order valence-corrected chi connectivity index (χ1v) is 6.39. The summed E-state index contributed by atoms with van der Waals surface area (Å²) in [6.07, 6.45) is 1.91. The van der Waals surface area contributed by atoms with Gasteiger partial charge in [0.05, 0.1) is 11.5 Å². The maximum Gasteiger partial charge on any atom is 0.269 e. The van der Waals surface area contributed by atoms with E-state index in [-0.39, 0.29) is 5.69 Å². The smallest absolute Gasteiger partial charge is 0.269 e. The van der Waals surface area contributed by atoms with Crippen molar-refractivity contribution in [1.29, 1.82) is 0 Å². The Morgan fingerprint density at radius 3 is 2.67 bits per heavy atom. The fourth-order valence-corrected chi connectivity index (χ4v) is 2.13. The Balaban J connectivity index is 1.82. The molecule has 106 valence electrons. The first-order valence-electron chi connectivity index (χ1n) is 6.39. The van der Waals surface area contributed by atoms with Crippen molar-refractivity contribution in [2.24, 2.45) is 0 Å². The van der Waals surface area contributed by atoms with Crippen molar-refractivity contribution < 1.29 is 4.92 Å². The number of benzene rings is 1. The standard InChI is InChI=1S/C14H13N5O2/c1-17(11-5-7-12(8-6-11)19(20)21)10-14-16-15-13-4-2-3-9-18(13)14/h2-9H,10H2,1H3. The Morgan fingerprint density at radius 1 is 1.19 bits per heavy atom. The van der Waals surface area contributed by atoms with E-state index in [9.17, 15) is 10.1 Å². The van der Waals surface area contributed by atoms with Gasteiger partial charge in [0.15, 0.2) is 11.5 Å². The predicted molar refractivity (Wildman–Crippen MR) is 78.2 cm³/mol. The summed E-state index contributed by atoms with van der Waals surface area (Å²) in [5, 5.41) is 18.9. The van der Waals surface area contributed by atoms with Gasteiger partial charge in [-0.2, -0.15) is 0 Å². The Bertz CT molecular complexity index is 781. The molecular formula is C14H13N5O2. The Hall–Kier alpha value is -2.96. The molecule has 2 heterocycles. The third kappa shape index (κ3) is 2.53. The van der Waals surface area contributed by atoms with Crippen molar-refractivity contribution in [3.8, 4) is 0 Å². The van der Waals surface area contributed by atoms with Crippen molar-refractivity contribution in [3.05, 3.63) is 64.6 Å². The molecule has 0 saturated carbocycles. The molecule has 3 rings (SSSR count). The highest BCUT2D eigenvalue weighted by atomic mass is 16.6. The second-order valence-electron chi connectivity index (χ2n) is 4.67. The van der Waals surface area contributed by atoms with Crippen LogP contribution in [0, 0.1) is 10.1 Å². The molecule has 7 nitrogen and oxygen atoms in total. The van der Waals surface area contributed by atoms with E-state index in [2.05, 4.69) is 10.2 Å². The molecule has 0 fully saturated rings. The molecule has 0 unspecified atom stereocenters. The zero-order chi connectivity index (χ0) is 14.8.